The topological polar surface area (TPSA) is 30.0 Å². The molecule has 0 aromatic heterocycles. The van der Waals surface area contributed by atoms with E-state index in [9.17, 15) is 0 Å². The molecule has 0 aliphatic rings. The fourth-order valence-electron chi connectivity index (χ4n) is 4.14. The zero-order valence-electron chi connectivity index (χ0n) is 19.0. The Hall–Kier alpha value is -0.0800. The maximum atomic E-state index is 2.36. The molecule has 0 amide bonds. The SMILES string of the molecule is CCCCCCCCCCCCCCCCCC[N+](CC)(CC)CC.[OH-]. The van der Waals surface area contributed by atoms with Crippen molar-refractivity contribution >= 4 is 0 Å². The molecule has 0 heterocycles. The van der Waals surface area contributed by atoms with Crippen LogP contribution < -0.4 is 0 Å². The van der Waals surface area contributed by atoms with Crippen molar-refractivity contribution in [3.8, 4) is 0 Å². The number of hydrogen-bond donors (Lipinski definition) is 0. The highest BCUT2D eigenvalue weighted by Gasteiger charge is 2.19. The second kappa shape index (κ2) is 21.2. The number of quaternary nitrogens is 1. The number of hydrogen-bond acceptors (Lipinski definition) is 1. The Labute approximate surface area is 167 Å². The lowest BCUT2D eigenvalue weighted by atomic mass is 10.0. The first kappa shape index (κ1) is 28.1. The molecular formula is C24H53NO. The van der Waals surface area contributed by atoms with E-state index in [4.69, 9.17) is 0 Å². The third-order valence-electron chi connectivity index (χ3n) is 6.50. The van der Waals surface area contributed by atoms with Crippen LogP contribution in [0.5, 0.6) is 0 Å². The molecular weight excluding hydrogens is 318 g/mol. The molecule has 0 aliphatic carbocycles. The summed E-state index contributed by atoms with van der Waals surface area (Å²) in [6.07, 6.45) is 23.4. The first-order valence-corrected chi connectivity index (χ1v) is 12.1. The number of nitrogens with zero attached hydrogens (tertiary/aromatic N) is 1. The van der Waals surface area contributed by atoms with Gasteiger partial charge in [-0.05, 0) is 33.6 Å². The summed E-state index contributed by atoms with van der Waals surface area (Å²) in [5.74, 6) is 0. The molecule has 1 N–H and O–H groups in total. The predicted octanol–water partition coefficient (Wildman–Crippen LogP) is 7.95. The first-order chi connectivity index (χ1) is 12.2. The Kier molecular flexibility index (Phi) is 23.0. The smallest absolute Gasteiger partial charge is 0.0786 e. The van der Waals surface area contributed by atoms with Crippen LogP contribution in [0.25, 0.3) is 0 Å². The van der Waals surface area contributed by atoms with Gasteiger partial charge in [-0.1, -0.05) is 96.8 Å². The van der Waals surface area contributed by atoms with Gasteiger partial charge in [-0.2, -0.15) is 0 Å². The van der Waals surface area contributed by atoms with Gasteiger partial charge in [0.05, 0.1) is 26.2 Å². The Bertz CT molecular complexity index is 242. The summed E-state index contributed by atoms with van der Waals surface area (Å²) in [6, 6.07) is 0. The van der Waals surface area contributed by atoms with Gasteiger partial charge < -0.3 is 9.96 Å². The molecule has 0 spiro atoms. The Morgan fingerprint density at radius 3 is 0.923 bits per heavy atom. The van der Waals surface area contributed by atoms with Crippen LogP contribution in [0.15, 0.2) is 0 Å². The molecule has 160 valence electrons. The van der Waals surface area contributed by atoms with Gasteiger partial charge in [0, 0.05) is 0 Å². The normalized spacial score (nSPS) is 11.5. The summed E-state index contributed by atoms with van der Waals surface area (Å²) in [4.78, 5) is 0. The van der Waals surface area contributed by atoms with Crippen LogP contribution in [0.2, 0.25) is 0 Å². The van der Waals surface area contributed by atoms with Crippen LogP contribution in [0.1, 0.15) is 130 Å². The van der Waals surface area contributed by atoms with E-state index < -0.39 is 0 Å². The van der Waals surface area contributed by atoms with Crippen molar-refractivity contribution in [3.05, 3.63) is 0 Å². The average molecular weight is 372 g/mol. The monoisotopic (exact) mass is 371 g/mol. The van der Waals surface area contributed by atoms with Crippen molar-refractivity contribution < 1.29 is 9.96 Å². The standard InChI is InChI=1S/C24H52N.H2O/c1-5-9-10-11-12-13-14-15-16-17-18-19-20-21-22-23-24-25(6-2,7-3)8-4;/h5-24H2,1-4H3;1H2/q+1;/p-1. The fourth-order valence-corrected chi connectivity index (χ4v) is 4.14. The van der Waals surface area contributed by atoms with E-state index in [1.807, 2.05) is 0 Å². The molecule has 0 bridgehead atoms. The van der Waals surface area contributed by atoms with Crippen molar-refractivity contribution in [2.45, 2.75) is 130 Å². The highest BCUT2D eigenvalue weighted by atomic mass is 16.0. The molecule has 0 fully saturated rings. The Morgan fingerprint density at radius 2 is 0.654 bits per heavy atom. The largest absolute Gasteiger partial charge is 0.870 e. The molecule has 0 aromatic carbocycles. The molecule has 0 unspecified atom stereocenters. The van der Waals surface area contributed by atoms with E-state index in [1.54, 1.807) is 0 Å². The van der Waals surface area contributed by atoms with Gasteiger partial charge in [-0.25, -0.2) is 0 Å². The maximum absolute atomic E-state index is 2.36. The quantitative estimate of drug-likeness (QED) is 0.158. The summed E-state index contributed by atoms with van der Waals surface area (Å²) in [7, 11) is 0. The average Bonchev–Trinajstić information content (AvgIpc) is 2.65. The highest BCUT2D eigenvalue weighted by Crippen LogP contribution is 2.15. The summed E-state index contributed by atoms with van der Waals surface area (Å²) < 4.78 is 1.33. The molecule has 0 saturated carbocycles. The summed E-state index contributed by atoms with van der Waals surface area (Å²) in [6.45, 7) is 14.7. The Morgan fingerprint density at radius 1 is 0.385 bits per heavy atom. The second-order valence-corrected chi connectivity index (χ2v) is 8.32. The van der Waals surface area contributed by atoms with Gasteiger partial charge in [0.15, 0.2) is 0 Å². The Balaban J connectivity index is 0. The maximum Gasteiger partial charge on any atom is 0.0786 e. The van der Waals surface area contributed by atoms with Crippen LogP contribution in [-0.4, -0.2) is 36.1 Å². The van der Waals surface area contributed by atoms with Gasteiger partial charge in [0.2, 0.25) is 0 Å². The van der Waals surface area contributed by atoms with Gasteiger partial charge in [-0.15, -0.1) is 0 Å². The lowest BCUT2D eigenvalue weighted by molar-refractivity contribution is -0.923. The van der Waals surface area contributed by atoms with E-state index in [2.05, 4.69) is 27.7 Å². The lowest BCUT2D eigenvalue weighted by Gasteiger charge is -2.35. The zero-order valence-corrected chi connectivity index (χ0v) is 19.0. The zero-order chi connectivity index (χ0) is 18.6. The molecule has 0 rings (SSSR count). The van der Waals surface area contributed by atoms with Crippen LogP contribution in [0.3, 0.4) is 0 Å². The van der Waals surface area contributed by atoms with Crippen LogP contribution in [0.4, 0.5) is 0 Å². The van der Waals surface area contributed by atoms with Gasteiger partial charge in [-0.3, -0.25) is 0 Å². The number of unbranched alkanes of at least 4 members (excludes halogenated alkanes) is 15. The molecule has 2 nitrogen and oxygen atoms in total. The van der Waals surface area contributed by atoms with Gasteiger partial charge in [0.1, 0.15) is 0 Å². The second-order valence-electron chi connectivity index (χ2n) is 8.32. The van der Waals surface area contributed by atoms with Gasteiger partial charge >= 0.3 is 0 Å². The van der Waals surface area contributed by atoms with E-state index in [-0.39, 0.29) is 5.48 Å². The van der Waals surface area contributed by atoms with Crippen molar-refractivity contribution in [2.75, 3.05) is 26.2 Å². The number of rotatable bonds is 20. The molecule has 0 saturated heterocycles. The minimum atomic E-state index is 0. The fraction of sp³-hybridized carbons (Fsp3) is 1.00. The molecule has 0 atom stereocenters. The molecule has 26 heavy (non-hydrogen) atoms. The van der Waals surface area contributed by atoms with E-state index in [0.717, 1.165) is 0 Å². The van der Waals surface area contributed by atoms with Crippen LogP contribution >= 0.6 is 0 Å². The van der Waals surface area contributed by atoms with Crippen LogP contribution in [-0.2, 0) is 0 Å². The van der Waals surface area contributed by atoms with Crippen LogP contribution in [0, 0.1) is 0 Å². The molecule has 0 aromatic rings. The van der Waals surface area contributed by atoms with Crippen molar-refractivity contribution in [1.82, 2.24) is 0 Å². The summed E-state index contributed by atoms with van der Waals surface area (Å²) in [5, 5.41) is 0. The van der Waals surface area contributed by atoms with E-state index in [1.165, 1.54) is 133 Å². The van der Waals surface area contributed by atoms with E-state index in [0.29, 0.717) is 0 Å². The molecule has 2 heteroatoms. The third kappa shape index (κ3) is 16.1. The highest BCUT2D eigenvalue weighted by molar-refractivity contribution is 4.50. The van der Waals surface area contributed by atoms with Crippen molar-refractivity contribution in [1.29, 1.82) is 0 Å². The van der Waals surface area contributed by atoms with Gasteiger partial charge in [0.25, 0.3) is 0 Å². The minimum Gasteiger partial charge on any atom is -0.870 e. The van der Waals surface area contributed by atoms with Crippen molar-refractivity contribution in [2.24, 2.45) is 0 Å². The molecule has 0 aliphatic heterocycles. The summed E-state index contributed by atoms with van der Waals surface area (Å²) >= 11 is 0. The lowest BCUT2D eigenvalue weighted by Crippen LogP contribution is -2.48. The molecule has 0 radical (unpaired) electrons. The first-order valence-electron chi connectivity index (χ1n) is 12.1. The van der Waals surface area contributed by atoms with Crippen molar-refractivity contribution in [3.63, 3.8) is 0 Å². The van der Waals surface area contributed by atoms with E-state index >= 15 is 0 Å². The summed E-state index contributed by atoms with van der Waals surface area (Å²) in [5.41, 5.74) is 0. The minimum absolute atomic E-state index is 0. The predicted molar refractivity (Wildman–Crippen MR) is 118 cm³/mol. The third-order valence-corrected chi connectivity index (χ3v) is 6.50.